The lowest BCUT2D eigenvalue weighted by Gasteiger charge is -1.98. The van der Waals surface area contributed by atoms with Crippen LogP contribution in [0.2, 0.25) is 0 Å². The van der Waals surface area contributed by atoms with E-state index in [2.05, 4.69) is 4.74 Å². The third-order valence-electron chi connectivity index (χ3n) is 0.863. The van der Waals surface area contributed by atoms with Crippen molar-refractivity contribution in [2.75, 3.05) is 13.2 Å². The number of rotatable bonds is 4. The van der Waals surface area contributed by atoms with Gasteiger partial charge in [0.05, 0.1) is 6.61 Å². The third kappa shape index (κ3) is 22.7. The highest BCUT2D eigenvalue weighted by Gasteiger charge is 1.88. The molecule has 0 saturated carbocycles. The van der Waals surface area contributed by atoms with E-state index in [1.54, 1.807) is 0 Å². The number of hydrogen-bond donors (Lipinski definition) is 1. The molecule has 0 aliphatic carbocycles. The Labute approximate surface area is 74.7 Å². The predicted molar refractivity (Wildman–Crippen MR) is 48.8 cm³/mol. The van der Waals surface area contributed by atoms with Crippen LogP contribution in [0.25, 0.3) is 0 Å². The summed E-state index contributed by atoms with van der Waals surface area (Å²) in [5.41, 5.74) is 0. The molecule has 0 aromatic rings. The summed E-state index contributed by atoms with van der Waals surface area (Å²) in [6.07, 6.45) is 0. The molecular formula is C9H20O3. The minimum atomic E-state index is 0.306. The second kappa shape index (κ2) is 10.4. The summed E-state index contributed by atoms with van der Waals surface area (Å²) in [6, 6.07) is 0. The molecule has 3 nitrogen and oxygen atoms in total. The Morgan fingerprint density at radius 3 is 1.75 bits per heavy atom. The fraction of sp³-hybridized carbons (Fsp3) is 0.889. The monoisotopic (exact) mass is 176 g/mol. The zero-order valence-corrected chi connectivity index (χ0v) is 8.41. The molecule has 74 valence electrons. The van der Waals surface area contributed by atoms with Crippen molar-refractivity contribution < 1.29 is 14.6 Å². The molecule has 3 heteroatoms. The Kier molecular flexibility index (Phi) is 12.2. The first kappa shape index (κ1) is 14.0. The van der Waals surface area contributed by atoms with Gasteiger partial charge in [-0.2, -0.15) is 0 Å². The summed E-state index contributed by atoms with van der Waals surface area (Å²) in [5, 5.41) is 8.14. The number of hydrogen-bond acceptors (Lipinski definition) is 3. The molecule has 12 heavy (non-hydrogen) atoms. The van der Waals surface area contributed by atoms with Crippen LogP contribution in [0, 0.1) is 11.8 Å². The SMILES string of the molecule is CC(C)CO.CC(C)COC=O. The van der Waals surface area contributed by atoms with E-state index in [0.717, 1.165) is 0 Å². The average molecular weight is 176 g/mol. The van der Waals surface area contributed by atoms with Crippen LogP contribution in [0.5, 0.6) is 0 Å². The number of ether oxygens (including phenoxy) is 1. The molecule has 0 aliphatic heterocycles. The first-order chi connectivity index (χ1) is 5.54. The van der Waals surface area contributed by atoms with Gasteiger partial charge in [-0.25, -0.2) is 0 Å². The van der Waals surface area contributed by atoms with Crippen LogP contribution in [-0.4, -0.2) is 24.8 Å². The number of aliphatic hydroxyl groups excluding tert-OH is 1. The fourth-order valence-electron chi connectivity index (χ4n) is 0.232. The Morgan fingerprint density at radius 1 is 1.25 bits per heavy atom. The zero-order chi connectivity index (χ0) is 9.98. The van der Waals surface area contributed by atoms with Crippen LogP contribution < -0.4 is 0 Å². The molecule has 0 heterocycles. The van der Waals surface area contributed by atoms with Crippen molar-refractivity contribution in [3.63, 3.8) is 0 Å². The van der Waals surface area contributed by atoms with Crippen LogP contribution in [0.1, 0.15) is 27.7 Å². The van der Waals surface area contributed by atoms with Crippen molar-refractivity contribution in [3.05, 3.63) is 0 Å². The first-order valence-electron chi connectivity index (χ1n) is 4.20. The van der Waals surface area contributed by atoms with Gasteiger partial charge in [-0.15, -0.1) is 0 Å². The van der Waals surface area contributed by atoms with Crippen molar-refractivity contribution in [1.82, 2.24) is 0 Å². The van der Waals surface area contributed by atoms with Gasteiger partial charge in [0, 0.05) is 6.61 Å². The van der Waals surface area contributed by atoms with Gasteiger partial charge in [-0.3, -0.25) is 4.79 Å². The Morgan fingerprint density at radius 2 is 1.67 bits per heavy atom. The van der Waals surface area contributed by atoms with Crippen molar-refractivity contribution in [2.24, 2.45) is 11.8 Å². The van der Waals surface area contributed by atoms with Gasteiger partial charge >= 0.3 is 0 Å². The van der Waals surface area contributed by atoms with E-state index in [9.17, 15) is 4.79 Å². The zero-order valence-electron chi connectivity index (χ0n) is 8.41. The van der Waals surface area contributed by atoms with Gasteiger partial charge < -0.3 is 9.84 Å². The van der Waals surface area contributed by atoms with Crippen LogP contribution in [-0.2, 0) is 9.53 Å². The standard InChI is InChI=1S/C5H10O2.C4H10O/c1-5(2)3-7-4-6;1-4(2)3-5/h4-5H,3H2,1-2H3;4-5H,3H2,1-2H3. The maximum Gasteiger partial charge on any atom is 0.293 e. The summed E-state index contributed by atoms with van der Waals surface area (Å²) in [7, 11) is 0. The molecule has 0 aliphatic rings. The van der Waals surface area contributed by atoms with Crippen molar-refractivity contribution >= 4 is 6.47 Å². The van der Waals surface area contributed by atoms with E-state index >= 15 is 0 Å². The van der Waals surface area contributed by atoms with E-state index in [1.165, 1.54) is 0 Å². The Bertz CT molecular complexity index is 89.8. The Hall–Kier alpha value is -0.570. The normalized spacial score (nSPS) is 9.25. The molecule has 0 bridgehead atoms. The lowest BCUT2D eigenvalue weighted by Crippen LogP contribution is -1.98. The summed E-state index contributed by atoms with van der Waals surface area (Å²) in [6.45, 7) is 9.23. The molecule has 0 aromatic carbocycles. The summed E-state index contributed by atoms with van der Waals surface area (Å²) in [5.74, 6) is 0.889. The van der Waals surface area contributed by atoms with Crippen LogP contribution >= 0.6 is 0 Å². The molecule has 0 saturated heterocycles. The van der Waals surface area contributed by atoms with Crippen molar-refractivity contribution in [1.29, 1.82) is 0 Å². The smallest absolute Gasteiger partial charge is 0.293 e. The topological polar surface area (TPSA) is 46.5 Å². The van der Waals surface area contributed by atoms with Gasteiger partial charge in [0.1, 0.15) is 0 Å². The fourth-order valence-corrected chi connectivity index (χ4v) is 0.232. The van der Waals surface area contributed by atoms with Gasteiger partial charge in [-0.1, -0.05) is 27.7 Å². The molecular weight excluding hydrogens is 156 g/mol. The van der Waals surface area contributed by atoms with E-state index in [1.807, 2.05) is 27.7 Å². The largest absolute Gasteiger partial charge is 0.468 e. The highest BCUT2D eigenvalue weighted by molar-refractivity contribution is 5.36. The van der Waals surface area contributed by atoms with Crippen molar-refractivity contribution in [2.45, 2.75) is 27.7 Å². The second-order valence-electron chi connectivity index (χ2n) is 3.40. The minimum absolute atomic E-state index is 0.306. The lowest BCUT2D eigenvalue weighted by atomic mass is 10.2. The molecule has 0 rings (SSSR count). The lowest BCUT2D eigenvalue weighted by molar-refractivity contribution is -0.129. The summed E-state index contributed by atoms with van der Waals surface area (Å²) < 4.78 is 4.41. The molecule has 0 unspecified atom stereocenters. The van der Waals surface area contributed by atoms with Crippen LogP contribution in [0.15, 0.2) is 0 Å². The molecule has 0 spiro atoms. The van der Waals surface area contributed by atoms with Gasteiger partial charge in [-0.05, 0) is 11.8 Å². The van der Waals surface area contributed by atoms with E-state index in [-0.39, 0.29) is 0 Å². The van der Waals surface area contributed by atoms with E-state index in [0.29, 0.717) is 31.5 Å². The van der Waals surface area contributed by atoms with Gasteiger partial charge in [0.25, 0.3) is 6.47 Å². The van der Waals surface area contributed by atoms with Crippen LogP contribution in [0.3, 0.4) is 0 Å². The summed E-state index contributed by atoms with van der Waals surface area (Å²) in [4.78, 5) is 9.49. The number of aliphatic hydroxyl groups is 1. The molecule has 0 aromatic heterocycles. The number of carbonyl (C=O) groups is 1. The quantitative estimate of drug-likeness (QED) is 0.659. The molecule has 0 atom stereocenters. The van der Waals surface area contributed by atoms with E-state index < -0.39 is 0 Å². The van der Waals surface area contributed by atoms with Gasteiger partial charge in [0.15, 0.2) is 0 Å². The predicted octanol–water partition coefficient (Wildman–Crippen LogP) is 1.45. The molecule has 1 N–H and O–H groups in total. The maximum atomic E-state index is 9.49. The minimum Gasteiger partial charge on any atom is -0.468 e. The average Bonchev–Trinajstić information content (AvgIpc) is 2.02. The second-order valence-corrected chi connectivity index (χ2v) is 3.40. The van der Waals surface area contributed by atoms with E-state index in [4.69, 9.17) is 5.11 Å². The Balaban J connectivity index is 0. The maximum absolute atomic E-state index is 9.49. The highest BCUT2D eigenvalue weighted by atomic mass is 16.5. The third-order valence-corrected chi connectivity index (χ3v) is 0.863. The van der Waals surface area contributed by atoms with Crippen LogP contribution in [0.4, 0.5) is 0 Å². The van der Waals surface area contributed by atoms with Gasteiger partial charge in [0.2, 0.25) is 0 Å². The van der Waals surface area contributed by atoms with Crippen molar-refractivity contribution in [3.8, 4) is 0 Å². The first-order valence-corrected chi connectivity index (χ1v) is 4.20. The molecule has 0 fully saturated rings. The summed E-state index contributed by atoms with van der Waals surface area (Å²) >= 11 is 0. The highest BCUT2D eigenvalue weighted by Crippen LogP contribution is 1.88. The molecule has 0 amide bonds. The molecule has 0 radical (unpaired) electrons. The number of carbonyl (C=O) groups excluding carboxylic acids is 1.